The van der Waals surface area contributed by atoms with Gasteiger partial charge in [-0.1, -0.05) is 12.1 Å². The first kappa shape index (κ1) is 19.1. The first-order valence-electron chi connectivity index (χ1n) is 10.1. The molecule has 0 radical (unpaired) electrons. The molecule has 2 saturated heterocycles. The second-order valence-corrected chi connectivity index (χ2v) is 8.23. The van der Waals surface area contributed by atoms with Gasteiger partial charge in [-0.15, -0.1) is 0 Å². The third-order valence-corrected chi connectivity index (χ3v) is 6.39. The van der Waals surface area contributed by atoms with Gasteiger partial charge in [-0.05, 0) is 62.3 Å². The van der Waals surface area contributed by atoms with E-state index in [1.165, 1.54) is 24.4 Å². The van der Waals surface area contributed by atoms with Crippen LogP contribution >= 0.6 is 0 Å². The minimum Gasteiger partial charge on any atom is -0.332 e. The van der Waals surface area contributed by atoms with E-state index in [4.69, 9.17) is 0 Å². The van der Waals surface area contributed by atoms with E-state index in [0.29, 0.717) is 5.69 Å². The molecule has 3 atom stereocenters. The number of aromatic nitrogens is 3. The highest BCUT2D eigenvalue weighted by Crippen LogP contribution is 2.44. The minimum absolute atomic E-state index is 0.0700. The second-order valence-electron chi connectivity index (χ2n) is 8.23. The van der Waals surface area contributed by atoms with E-state index in [9.17, 15) is 18.0 Å². The van der Waals surface area contributed by atoms with Gasteiger partial charge in [0.1, 0.15) is 17.1 Å². The predicted octanol–water partition coefficient (Wildman–Crippen LogP) is 4.67. The van der Waals surface area contributed by atoms with Gasteiger partial charge in [-0.3, -0.25) is 4.79 Å². The Morgan fingerprint density at radius 1 is 1.13 bits per heavy atom. The van der Waals surface area contributed by atoms with Crippen LogP contribution < -0.4 is 0 Å². The summed E-state index contributed by atoms with van der Waals surface area (Å²) in [7, 11) is 0. The lowest BCUT2D eigenvalue weighted by atomic mass is 9.85. The molecule has 0 spiro atoms. The zero-order valence-electron chi connectivity index (χ0n) is 16.4. The number of benzene rings is 1. The lowest BCUT2D eigenvalue weighted by molar-refractivity contribution is 0.0573. The Bertz CT molecular complexity index is 1100. The predicted molar refractivity (Wildman–Crippen MR) is 104 cm³/mol. The van der Waals surface area contributed by atoms with E-state index in [-0.39, 0.29) is 46.6 Å². The molecule has 156 valence electrons. The lowest BCUT2D eigenvalue weighted by Crippen LogP contribution is -2.46. The van der Waals surface area contributed by atoms with Crippen molar-refractivity contribution >= 4 is 11.6 Å². The summed E-state index contributed by atoms with van der Waals surface area (Å²) in [6.07, 6.45) is 2.06. The number of carbonyl (C=O) groups excluding carboxylic acids is 1. The molecule has 2 fully saturated rings. The monoisotopic (exact) mass is 414 g/mol. The highest BCUT2D eigenvalue weighted by molar-refractivity contribution is 6.00. The Morgan fingerprint density at radius 2 is 1.80 bits per heavy atom. The van der Waals surface area contributed by atoms with Crippen molar-refractivity contribution in [3.8, 4) is 0 Å². The van der Waals surface area contributed by atoms with Crippen molar-refractivity contribution in [3.63, 3.8) is 0 Å². The Hall–Kier alpha value is -2.90. The van der Waals surface area contributed by atoms with E-state index in [1.807, 2.05) is 17.0 Å². The first-order valence-corrected chi connectivity index (χ1v) is 10.1. The van der Waals surface area contributed by atoms with Gasteiger partial charge in [0.15, 0.2) is 5.65 Å². The first-order chi connectivity index (χ1) is 14.4. The maximum absolute atomic E-state index is 13.4. The van der Waals surface area contributed by atoms with Gasteiger partial charge in [0.05, 0.1) is 6.20 Å². The Kier molecular flexibility index (Phi) is 4.52. The van der Waals surface area contributed by atoms with Crippen molar-refractivity contribution in [2.75, 3.05) is 0 Å². The summed E-state index contributed by atoms with van der Waals surface area (Å²) in [5.41, 5.74) is 1.68. The van der Waals surface area contributed by atoms with E-state index < -0.39 is 6.43 Å². The fourth-order valence-corrected chi connectivity index (χ4v) is 5.07. The summed E-state index contributed by atoms with van der Waals surface area (Å²) < 4.78 is 41.1. The number of hydrogen-bond acceptors (Lipinski definition) is 3. The van der Waals surface area contributed by atoms with Crippen LogP contribution in [0.1, 0.15) is 65.3 Å². The molecule has 30 heavy (non-hydrogen) atoms. The maximum atomic E-state index is 13.4. The van der Waals surface area contributed by atoms with E-state index in [2.05, 4.69) is 10.1 Å². The molecule has 2 aromatic heterocycles. The van der Waals surface area contributed by atoms with E-state index >= 15 is 0 Å². The average Bonchev–Trinajstić information content (AvgIpc) is 3.25. The van der Waals surface area contributed by atoms with Gasteiger partial charge in [-0.25, -0.2) is 22.7 Å². The largest absolute Gasteiger partial charge is 0.332 e. The summed E-state index contributed by atoms with van der Waals surface area (Å²) in [4.78, 5) is 19.6. The van der Waals surface area contributed by atoms with E-state index in [0.717, 1.165) is 35.8 Å². The number of piperidine rings is 1. The molecule has 2 aliphatic rings. The summed E-state index contributed by atoms with van der Waals surface area (Å²) >= 11 is 0. The van der Waals surface area contributed by atoms with Crippen LogP contribution in [0, 0.1) is 12.7 Å². The molecular weight excluding hydrogens is 393 g/mol. The highest BCUT2D eigenvalue weighted by atomic mass is 19.3. The molecule has 0 saturated carbocycles. The molecule has 0 N–H and O–H groups in total. The van der Waals surface area contributed by atoms with Crippen molar-refractivity contribution in [1.82, 2.24) is 19.5 Å². The zero-order valence-corrected chi connectivity index (χ0v) is 16.4. The number of alkyl halides is 2. The minimum atomic E-state index is -2.71. The smallest absolute Gasteiger partial charge is 0.280 e. The SMILES string of the molecule is Cc1cc(C(F)F)n2ncc(C(=O)N3[C@@H]4CC[C@H]3CC(c3ccc(F)cc3)C4)c2n1. The molecule has 1 unspecified atom stereocenters. The summed E-state index contributed by atoms with van der Waals surface area (Å²) in [5, 5.41) is 4.03. The van der Waals surface area contributed by atoms with Gasteiger partial charge < -0.3 is 4.90 Å². The van der Waals surface area contributed by atoms with Gasteiger partial charge in [-0.2, -0.15) is 5.10 Å². The average molecular weight is 414 g/mol. The number of fused-ring (bicyclic) bond motifs is 3. The Morgan fingerprint density at radius 3 is 2.43 bits per heavy atom. The molecule has 1 amide bonds. The maximum Gasteiger partial charge on any atom is 0.280 e. The fraction of sp³-hybridized carbons (Fsp3) is 0.409. The molecule has 2 aliphatic heterocycles. The van der Waals surface area contributed by atoms with Crippen LogP contribution in [0.25, 0.3) is 5.65 Å². The van der Waals surface area contributed by atoms with Gasteiger partial charge in [0, 0.05) is 17.8 Å². The quantitative estimate of drug-likeness (QED) is 0.626. The molecular formula is C22H21F3N4O. The number of carbonyl (C=O) groups is 1. The van der Waals surface area contributed by atoms with Gasteiger partial charge >= 0.3 is 0 Å². The van der Waals surface area contributed by atoms with Crippen LogP contribution in [-0.4, -0.2) is 37.5 Å². The number of hydrogen-bond donors (Lipinski definition) is 0. The topological polar surface area (TPSA) is 50.5 Å². The van der Waals surface area contributed by atoms with E-state index in [1.54, 1.807) is 6.92 Å². The summed E-state index contributed by atoms with van der Waals surface area (Å²) in [5.74, 6) is -0.177. The summed E-state index contributed by atoms with van der Waals surface area (Å²) in [6, 6.07) is 8.02. The molecule has 1 aromatic carbocycles. The van der Waals surface area contributed by atoms with Crippen LogP contribution in [0.5, 0.6) is 0 Å². The summed E-state index contributed by atoms with van der Waals surface area (Å²) in [6.45, 7) is 1.63. The number of rotatable bonds is 3. The van der Waals surface area contributed by atoms with Crippen molar-refractivity contribution in [2.24, 2.45) is 0 Å². The number of nitrogens with zero attached hydrogens (tertiary/aromatic N) is 4. The number of aryl methyl sites for hydroxylation is 1. The standard InChI is InChI=1S/C22H21F3N4O/c1-12-8-19(20(24)25)29-21(27-12)18(11-26-29)22(30)28-16-6-7-17(28)10-14(9-16)13-2-4-15(23)5-3-13/h2-5,8,11,14,16-17,20H,6-7,9-10H2,1H3/t14?,16-,17+. The Labute approximate surface area is 171 Å². The highest BCUT2D eigenvalue weighted by Gasteiger charge is 2.44. The molecule has 4 heterocycles. The molecule has 0 aliphatic carbocycles. The molecule has 3 aromatic rings. The number of halogens is 3. The van der Waals surface area contributed by atoms with Crippen molar-refractivity contribution in [2.45, 2.75) is 57.0 Å². The fourth-order valence-electron chi connectivity index (χ4n) is 5.07. The molecule has 8 heteroatoms. The molecule has 5 rings (SSSR count). The van der Waals surface area contributed by atoms with Crippen LogP contribution in [0.4, 0.5) is 13.2 Å². The third-order valence-electron chi connectivity index (χ3n) is 6.39. The Balaban J connectivity index is 1.45. The number of amides is 1. The normalized spacial score (nSPS) is 23.5. The second kappa shape index (κ2) is 7.11. The van der Waals surface area contributed by atoms with Crippen LogP contribution in [0.2, 0.25) is 0 Å². The van der Waals surface area contributed by atoms with Crippen molar-refractivity contribution < 1.29 is 18.0 Å². The van der Waals surface area contributed by atoms with Crippen molar-refractivity contribution in [3.05, 3.63) is 64.9 Å². The van der Waals surface area contributed by atoms with Crippen LogP contribution in [0.3, 0.4) is 0 Å². The van der Waals surface area contributed by atoms with Gasteiger partial charge in [0.2, 0.25) is 0 Å². The molecule has 5 nitrogen and oxygen atoms in total. The van der Waals surface area contributed by atoms with Gasteiger partial charge in [0.25, 0.3) is 12.3 Å². The van der Waals surface area contributed by atoms with Crippen molar-refractivity contribution in [1.29, 1.82) is 0 Å². The van der Waals surface area contributed by atoms with Crippen LogP contribution in [-0.2, 0) is 0 Å². The zero-order chi connectivity index (χ0) is 21.0. The third kappa shape index (κ3) is 3.05. The van der Waals surface area contributed by atoms with Crippen LogP contribution in [0.15, 0.2) is 36.5 Å². The molecule has 2 bridgehead atoms. The lowest BCUT2D eigenvalue weighted by Gasteiger charge is -2.39.